The summed E-state index contributed by atoms with van der Waals surface area (Å²) < 4.78 is 56.9. The van der Waals surface area contributed by atoms with Gasteiger partial charge in [-0.05, 0) is 75.6 Å². The van der Waals surface area contributed by atoms with Crippen LogP contribution >= 0.6 is 0 Å². The minimum absolute atomic E-state index is 0.0627. The van der Waals surface area contributed by atoms with E-state index in [1.165, 1.54) is 38.3 Å². The van der Waals surface area contributed by atoms with Crippen LogP contribution in [0.2, 0.25) is 0 Å². The minimum atomic E-state index is -4.64. The fourth-order valence-electron chi connectivity index (χ4n) is 6.02. The summed E-state index contributed by atoms with van der Waals surface area (Å²) in [6.45, 7) is 4.41. The number of aromatic amines is 1. The molecule has 10 nitrogen and oxygen atoms in total. The first-order valence-corrected chi connectivity index (χ1v) is 14.9. The van der Waals surface area contributed by atoms with E-state index in [-0.39, 0.29) is 76.4 Å². The van der Waals surface area contributed by atoms with Crippen molar-refractivity contribution in [3.8, 4) is 0 Å². The van der Waals surface area contributed by atoms with Crippen LogP contribution in [0.3, 0.4) is 0 Å². The topological polar surface area (TPSA) is 122 Å². The second kappa shape index (κ2) is 11.5. The summed E-state index contributed by atoms with van der Waals surface area (Å²) in [4.78, 5) is 60.0. The predicted molar refractivity (Wildman–Crippen MR) is 159 cm³/mol. The molecule has 2 N–H and O–H groups in total. The summed E-state index contributed by atoms with van der Waals surface area (Å²) in [5, 5.41) is 2.69. The number of hydrogen-bond acceptors (Lipinski definition) is 5. The fourth-order valence-corrected chi connectivity index (χ4v) is 6.02. The van der Waals surface area contributed by atoms with Crippen molar-refractivity contribution in [2.45, 2.75) is 64.7 Å². The molecule has 2 aromatic carbocycles. The molecule has 4 aromatic rings. The van der Waals surface area contributed by atoms with E-state index in [1.54, 1.807) is 13.8 Å². The molecule has 1 atom stereocenters. The second-order valence-corrected chi connectivity index (χ2v) is 12.3. The molecule has 1 saturated carbocycles. The first-order chi connectivity index (χ1) is 21.3. The van der Waals surface area contributed by atoms with Gasteiger partial charge in [0, 0.05) is 43.7 Å². The highest BCUT2D eigenvalue weighted by molar-refractivity contribution is 5.99. The summed E-state index contributed by atoms with van der Waals surface area (Å²) in [6, 6.07) is 5.56. The number of amides is 2. The molecule has 45 heavy (non-hydrogen) atoms. The highest BCUT2D eigenvalue weighted by atomic mass is 19.4. The lowest BCUT2D eigenvalue weighted by Crippen LogP contribution is -2.43. The zero-order chi connectivity index (χ0) is 32.2. The molecule has 14 heteroatoms. The van der Waals surface area contributed by atoms with Crippen molar-refractivity contribution >= 4 is 39.4 Å². The summed E-state index contributed by atoms with van der Waals surface area (Å²) in [5.41, 5.74) is -0.645. The van der Waals surface area contributed by atoms with Crippen LogP contribution in [0.4, 0.5) is 28.0 Å². The normalized spacial score (nSPS) is 17.4. The van der Waals surface area contributed by atoms with Crippen LogP contribution in [0.1, 0.15) is 68.2 Å². The number of ketones is 1. The van der Waals surface area contributed by atoms with Gasteiger partial charge in [0.15, 0.2) is 5.78 Å². The van der Waals surface area contributed by atoms with Gasteiger partial charge in [-0.2, -0.15) is 13.2 Å². The Morgan fingerprint density at radius 3 is 2.53 bits per heavy atom. The molecular formula is C31H32F4N6O4. The number of urea groups is 1. The molecule has 1 unspecified atom stereocenters. The molecule has 1 saturated heterocycles. The number of halogens is 4. The summed E-state index contributed by atoms with van der Waals surface area (Å²) in [6.07, 6.45) is -1.48. The molecular weight excluding hydrogens is 596 g/mol. The van der Waals surface area contributed by atoms with E-state index in [1.807, 2.05) is 0 Å². The van der Waals surface area contributed by atoms with Crippen LogP contribution in [-0.2, 0) is 12.7 Å². The highest BCUT2D eigenvalue weighted by Crippen LogP contribution is 2.31. The molecule has 2 aromatic heterocycles. The van der Waals surface area contributed by atoms with Gasteiger partial charge in [0.2, 0.25) is 5.82 Å². The average Bonchev–Trinajstić information content (AvgIpc) is 3.69. The molecule has 0 bridgehead atoms. The number of carbonyl (C=O) groups is 2. The van der Waals surface area contributed by atoms with Crippen molar-refractivity contribution in [3.63, 3.8) is 0 Å². The van der Waals surface area contributed by atoms with Crippen molar-refractivity contribution in [3.05, 3.63) is 68.4 Å². The predicted octanol–water partition coefficient (Wildman–Crippen LogP) is 5.71. The Balaban J connectivity index is 1.18. The van der Waals surface area contributed by atoms with Crippen molar-refractivity contribution in [2.75, 3.05) is 18.4 Å². The number of Topliss-reactive ketones (excluding diaryl/α,β-unsaturated/α-hetero) is 1. The van der Waals surface area contributed by atoms with Gasteiger partial charge < -0.3 is 15.2 Å². The van der Waals surface area contributed by atoms with Crippen molar-refractivity contribution < 1.29 is 27.2 Å². The summed E-state index contributed by atoms with van der Waals surface area (Å²) in [5.74, 6) is -2.20. The van der Waals surface area contributed by atoms with E-state index in [9.17, 15) is 32.3 Å². The van der Waals surface area contributed by atoms with Gasteiger partial charge in [0.1, 0.15) is 5.82 Å². The number of likely N-dealkylation sites (tertiary alicyclic amines) is 1. The number of carbonyl (C=O) groups excluding carboxylic acids is 2. The Hall–Kier alpha value is -4.49. The van der Waals surface area contributed by atoms with Crippen molar-refractivity contribution in [1.82, 2.24) is 24.0 Å². The van der Waals surface area contributed by atoms with E-state index >= 15 is 4.39 Å². The molecule has 3 heterocycles. The first kappa shape index (κ1) is 30.5. The Bertz CT molecular complexity index is 1940. The van der Waals surface area contributed by atoms with Gasteiger partial charge in [0.25, 0.3) is 5.56 Å². The third-order valence-electron chi connectivity index (χ3n) is 8.51. The maximum absolute atomic E-state index is 15.3. The maximum atomic E-state index is 15.3. The number of hydrogen-bond donors (Lipinski definition) is 2. The molecule has 0 spiro atoms. The van der Waals surface area contributed by atoms with E-state index in [0.29, 0.717) is 19.4 Å². The van der Waals surface area contributed by atoms with Gasteiger partial charge in [-0.25, -0.2) is 19.0 Å². The number of fused-ring (bicyclic) bond motifs is 2. The molecule has 0 radical (unpaired) electrons. The number of nitrogens with one attached hydrogen (secondary N) is 2. The first-order valence-electron chi connectivity index (χ1n) is 14.9. The number of aromatic nitrogens is 4. The van der Waals surface area contributed by atoms with Crippen LogP contribution in [0.5, 0.6) is 0 Å². The zero-order valence-electron chi connectivity index (χ0n) is 24.7. The van der Waals surface area contributed by atoms with Crippen LogP contribution in [0, 0.1) is 17.7 Å². The number of alkyl halides is 3. The van der Waals surface area contributed by atoms with Gasteiger partial charge in [-0.3, -0.25) is 18.7 Å². The minimum Gasteiger partial charge on any atom is -0.334 e. The largest absolute Gasteiger partial charge is 0.449 e. The van der Waals surface area contributed by atoms with E-state index in [4.69, 9.17) is 0 Å². The van der Waals surface area contributed by atoms with E-state index < -0.39 is 35.1 Å². The quantitative estimate of drug-likeness (QED) is 0.201. The molecule has 1 aliphatic heterocycles. The Kier molecular flexibility index (Phi) is 7.77. The van der Waals surface area contributed by atoms with Crippen LogP contribution in [-0.4, -0.2) is 48.9 Å². The molecule has 6 rings (SSSR count). The molecule has 238 valence electrons. The Labute approximate surface area is 254 Å². The molecule has 2 aliphatic rings. The van der Waals surface area contributed by atoms with Gasteiger partial charge in [-0.15, -0.1) is 0 Å². The lowest BCUT2D eigenvalue weighted by Gasteiger charge is -2.32. The van der Waals surface area contributed by atoms with Crippen LogP contribution in [0.15, 0.2) is 39.9 Å². The molecule has 1 aliphatic carbocycles. The number of rotatable bonds is 7. The standard InChI is InChI=1S/C31H32F4N6O4/c1-16(2)41-25-13-21(32)23(12-20(25)27(43)40(30(41)45)15-17-5-6-17)38-29(44)39-9-3-4-18(14-39)10-26(42)19-7-8-22-24(11-19)37-28(36-22)31(33,34)35/h7-8,11-13,16-18H,3-6,9-10,14-15H2,1-2H3,(H,36,37)(H,38,44). The number of nitrogens with zero attached hydrogens (tertiary/aromatic N) is 4. The zero-order valence-corrected chi connectivity index (χ0v) is 24.7. The van der Waals surface area contributed by atoms with Crippen LogP contribution in [0.25, 0.3) is 21.9 Å². The van der Waals surface area contributed by atoms with E-state index in [0.717, 1.165) is 18.9 Å². The number of imidazole rings is 1. The smallest absolute Gasteiger partial charge is 0.334 e. The third-order valence-corrected chi connectivity index (χ3v) is 8.51. The lowest BCUT2D eigenvalue weighted by molar-refractivity contribution is -0.144. The van der Waals surface area contributed by atoms with Crippen molar-refractivity contribution in [1.29, 1.82) is 0 Å². The highest BCUT2D eigenvalue weighted by Gasteiger charge is 2.35. The van der Waals surface area contributed by atoms with Gasteiger partial charge in [-0.1, -0.05) is 0 Å². The summed E-state index contributed by atoms with van der Waals surface area (Å²) >= 11 is 0. The monoisotopic (exact) mass is 628 g/mol. The Morgan fingerprint density at radius 2 is 1.84 bits per heavy atom. The average molecular weight is 629 g/mol. The van der Waals surface area contributed by atoms with Gasteiger partial charge >= 0.3 is 17.9 Å². The third kappa shape index (κ3) is 6.09. The van der Waals surface area contributed by atoms with E-state index in [2.05, 4.69) is 15.3 Å². The second-order valence-electron chi connectivity index (χ2n) is 12.3. The fraction of sp³-hybridized carbons (Fsp3) is 0.452. The summed E-state index contributed by atoms with van der Waals surface area (Å²) in [7, 11) is 0. The number of H-pyrrole nitrogens is 1. The molecule has 2 fully saturated rings. The SMILES string of the molecule is CC(C)n1c(=O)n(CC2CC2)c(=O)c2cc(NC(=O)N3CCCC(CC(=O)c4ccc5nc(C(F)(F)F)[nH]c5c4)C3)c(F)cc21. The number of anilines is 1. The van der Waals surface area contributed by atoms with Crippen LogP contribution < -0.4 is 16.6 Å². The number of benzene rings is 2. The number of piperidine rings is 1. The maximum Gasteiger partial charge on any atom is 0.449 e. The molecule has 2 amide bonds. The Morgan fingerprint density at radius 1 is 1.09 bits per heavy atom. The van der Waals surface area contributed by atoms with Crippen molar-refractivity contribution in [2.24, 2.45) is 11.8 Å². The van der Waals surface area contributed by atoms with Gasteiger partial charge in [0.05, 0.1) is 27.6 Å². The lowest BCUT2D eigenvalue weighted by atomic mass is 9.91.